The lowest BCUT2D eigenvalue weighted by Gasteiger charge is -2.16. The van der Waals surface area contributed by atoms with Gasteiger partial charge in [0.15, 0.2) is 5.82 Å². The number of aromatic nitrogens is 7. The van der Waals surface area contributed by atoms with Crippen molar-refractivity contribution in [3.8, 4) is 5.82 Å². The lowest BCUT2D eigenvalue weighted by molar-refractivity contribution is -0.147. The van der Waals surface area contributed by atoms with Crippen molar-refractivity contribution in [3.05, 3.63) is 74.0 Å². The van der Waals surface area contributed by atoms with Gasteiger partial charge in [-0.05, 0) is 82.8 Å². The number of hydrogen-bond acceptors (Lipinski definition) is 7. The van der Waals surface area contributed by atoms with Crippen LogP contribution in [0.15, 0.2) is 36.5 Å². The van der Waals surface area contributed by atoms with Gasteiger partial charge in [0.1, 0.15) is 11.3 Å². The van der Waals surface area contributed by atoms with Gasteiger partial charge in [0.25, 0.3) is 17.6 Å². The highest BCUT2D eigenvalue weighted by Gasteiger charge is 2.39. The van der Waals surface area contributed by atoms with Crippen molar-refractivity contribution in [2.45, 2.75) is 32.7 Å². The monoisotopic (exact) mass is 693 g/mol. The summed E-state index contributed by atoms with van der Waals surface area (Å²) < 4.78 is 83.0. The standard InChI is InChI=1S/C23H18F6IN9O2/c1-3-31-19(40)14-8-12(30)7-11(2)17(14)33-20(41)16-9-13(10-38-21(23(27,28)29)34-36-37-38)35-39(16)18-15(22(24,25)26)5-4-6-32-18/h4-9H,3,10H2,1-2H3,(H,31,40)(H,33,41). The number of nitrogens with one attached hydrogen (secondary N) is 2. The zero-order chi connectivity index (χ0) is 30.1. The van der Waals surface area contributed by atoms with Gasteiger partial charge >= 0.3 is 12.4 Å². The maximum Gasteiger partial charge on any atom is 0.453 e. The number of carbonyl (C=O) groups excluding carboxylic acids is 2. The number of anilines is 1. The fraction of sp³-hybridized carbons (Fsp3) is 0.261. The third kappa shape index (κ3) is 6.46. The molecule has 3 aromatic heterocycles. The van der Waals surface area contributed by atoms with E-state index in [0.29, 0.717) is 24.6 Å². The molecule has 0 bridgehead atoms. The quantitative estimate of drug-likeness (QED) is 0.219. The number of halogens is 7. The smallest absolute Gasteiger partial charge is 0.352 e. The molecular formula is C23H18F6IN9O2. The van der Waals surface area contributed by atoms with Crippen molar-refractivity contribution in [1.82, 2.24) is 40.3 Å². The highest BCUT2D eigenvalue weighted by Crippen LogP contribution is 2.34. The van der Waals surface area contributed by atoms with E-state index in [1.165, 1.54) is 6.07 Å². The Bertz CT molecular complexity index is 1610. The first-order chi connectivity index (χ1) is 19.2. The van der Waals surface area contributed by atoms with E-state index >= 15 is 0 Å². The molecule has 0 saturated carbocycles. The largest absolute Gasteiger partial charge is 0.453 e. The number of alkyl halides is 6. The van der Waals surface area contributed by atoms with Gasteiger partial charge in [0.05, 0.1) is 23.5 Å². The molecule has 11 nitrogen and oxygen atoms in total. The highest BCUT2D eigenvalue weighted by atomic mass is 127. The minimum absolute atomic E-state index is 0.0764. The molecule has 0 aliphatic rings. The molecule has 4 rings (SSSR count). The summed E-state index contributed by atoms with van der Waals surface area (Å²) in [7, 11) is 0. The lowest BCUT2D eigenvalue weighted by atomic mass is 10.1. The normalized spacial score (nSPS) is 11.9. The van der Waals surface area contributed by atoms with Gasteiger partial charge in [-0.3, -0.25) is 9.59 Å². The Labute approximate surface area is 240 Å². The fourth-order valence-electron chi connectivity index (χ4n) is 3.81. The number of tetrazole rings is 1. The van der Waals surface area contributed by atoms with E-state index in [1.807, 2.05) is 22.6 Å². The first-order valence-electron chi connectivity index (χ1n) is 11.5. The second-order valence-corrected chi connectivity index (χ2v) is 9.67. The molecule has 4 aromatic rings. The van der Waals surface area contributed by atoms with Crippen molar-refractivity contribution in [3.63, 3.8) is 0 Å². The number of hydrogen-bond donors (Lipinski definition) is 2. The van der Waals surface area contributed by atoms with Crippen molar-refractivity contribution >= 4 is 40.1 Å². The van der Waals surface area contributed by atoms with Crippen molar-refractivity contribution < 1.29 is 35.9 Å². The fourth-order valence-corrected chi connectivity index (χ4v) is 4.59. The molecule has 3 heterocycles. The molecule has 0 unspecified atom stereocenters. The minimum Gasteiger partial charge on any atom is -0.352 e. The molecule has 0 radical (unpaired) electrons. The third-order valence-corrected chi connectivity index (χ3v) is 6.13. The van der Waals surface area contributed by atoms with Crippen LogP contribution in [0.1, 0.15) is 50.4 Å². The third-order valence-electron chi connectivity index (χ3n) is 5.50. The van der Waals surface area contributed by atoms with Crippen LogP contribution < -0.4 is 10.6 Å². The summed E-state index contributed by atoms with van der Waals surface area (Å²) in [5, 5.41) is 18.3. The number of nitrogens with zero attached hydrogens (tertiary/aromatic N) is 7. The molecule has 2 N–H and O–H groups in total. The van der Waals surface area contributed by atoms with E-state index in [2.05, 4.69) is 36.2 Å². The predicted octanol–water partition coefficient (Wildman–Crippen LogP) is 4.25. The number of benzene rings is 1. The van der Waals surface area contributed by atoms with Gasteiger partial charge in [0.2, 0.25) is 0 Å². The summed E-state index contributed by atoms with van der Waals surface area (Å²) in [5.41, 5.74) is -1.41. The van der Waals surface area contributed by atoms with Crippen LogP contribution in [0.4, 0.5) is 32.0 Å². The van der Waals surface area contributed by atoms with Crippen LogP contribution in [0.2, 0.25) is 0 Å². The Morgan fingerprint density at radius 1 is 1.05 bits per heavy atom. The Morgan fingerprint density at radius 2 is 1.78 bits per heavy atom. The number of pyridine rings is 1. The van der Waals surface area contributed by atoms with Crippen LogP contribution in [-0.4, -0.2) is 53.3 Å². The van der Waals surface area contributed by atoms with Crippen LogP contribution in [0.25, 0.3) is 5.82 Å². The van der Waals surface area contributed by atoms with E-state index < -0.39 is 53.6 Å². The van der Waals surface area contributed by atoms with Gasteiger partial charge in [0, 0.05) is 16.3 Å². The molecule has 216 valence electrons. The van der Waals surface area contributed by atoms with E-state index in [9.17, 15) is 35.9 Å². The van der Waals surface area contributed by atoms with Crippen LogP contribution in [0.5, 0.6) is 0 Å². The molecule has 0 fully saturated rings. The van der Waals surface area contributed by atoms with E-state index in [-0.39, 0.29) is 23.5 Å². The molecule has 0 aliphatic carbocycles. The Morgan fingerprint density at radius 3 is 2.44 bits per heavy atom. The van der Waals surface area contributed by atoms with Crippen LogP contribution >= 0.6 is 22.6 Å². The molecule has 41 heavy (non-hydrogen) atoms. The Hall–Kier alpha value is -4.10. The lowest BCUT2D eigenvalue weighted by Crippen LogP contribution is -2.26. The van der Waals surface area contributed by atoms with Gasteiger partial charge in [-0.25, -0.2) is 14.3 Å². The molecular weight excluding hydrogens is 675 g/mol. The molecule has 0 aliphatic heterocycles. The Kier molecular flexibility index (Phi) is 8.31. The summed E-state index contributed by atoms with van der Waals surface area (Å²) in [5.74, 6) is -3.80. The van der Waals surface area contributed by atoms with Gasteiger partial charge in [-0.15, -0.1) is 5.10 Å². The summed E-state index contributed by atoms with van der Waals surface area (Å²) in [4.78, 5) is 30.0. The molecule has 2 amide bonds. The van der Waals surface area contributed by atoms with Crippen molar-refractivity contribution in [2.75, 3.05) is 11.9 Å². The Balaban J connectivity index is 1.84. The SMILES string of the molecule is CCNC(=O)c1cc(I)cc(C)c1NC(=O)c1cc(Cn2nnnc2C(F)(F)F)nn1-c1ncccc1C(F)(F)F. The van der Waals surface area contributed by atoms with Crippen molar-refractivity contribution in [2.24, 2.45) is 0 Å². The molecule has 18 heteroatoms. The van der Waals surface area contributed by atoms with E-state index in [0.717, 1.165) is 18.3 Å². The number of carbonyl (C=O) groups is 2. The first kappa shape index (κ1) is 29.9. The van der Waals surface area contributed by atoms with Gasteiger partial charge in [-0.2, -0.15) is 31.4 Å². The molecule has 1 aromatic carbocycles. The maximum absolute atomic E-state index is 13.8. The predicted molar refractivity (Wildman–Crippen MR) is 138 cm³/mol. The van der Waals surface area contributed by atoms with Crippen LogP contribution in [0.3, 0.4) is 0 Å². The summed E-state index contributed by atoms with van der Waals surface area (Å²) in [6, 6.07) is 5.90. The summed E-state index contributed by atoms with van der Waals surface area (Å²) in [6.07, 6.45) is -8.82. The van der Waals surface area contributed by atoms with Gasteiger partial charge < -0.3 is 10.6 Å². The van der Waals surface area contributed by atoms with Gasteiger partial charge in [-0.1, -0.05) is 0 Å². The molecule has 0 spiro atoms. The molecule has 0 atom stereocenters. The average Bonchev–Trinajstić information content (AvgIpc) is 3.52. The average molecular weight is 693 g/mol. The summed E-state index contributed by atoms with van der Waals surface area (Å²) in [6.45, 7) is 2.84. The van der Waals surface area contributed by atoms with Crippen molar-refractivity contribution in [1.29, 1.82) is 0 Å². The number of amides is 2. The molecule has 0 saturated heterocycles. The van der Waals surface area contributed by atoms with E-state index in [1.54, 1.807) is 19.9 Å². The zero-order valence-electron chi connectivity index (χ0n) is 21.0. The second-order valence-electron chi connectivity index (χ2n) is 8.42. The number of rotatable bonds is 7. The van der Waals surface area contributed by atoms with E-state index in [4.69, 9.17) is 0 Å². The number of aryl methyl sites for hydroxylation is 1. The maximum atomic E-state index is 13.8. The van der Waals surface area contributed by atoms with Crippen LogP contribution in [-0.2, 0) is 18.9 Å². The first-order valence-corrected chi connectivity index (χ1v) is 12.6. The minimum atomic E-state index is -4.94. The summed E-state index contributed by atoms with van der Waals surface area (Å²) >= 11 is 1.98. The zero-order valence-corrected chi connectivity index (χ0v) is 23.1. The highest BCUT2D eigenvalue weighted by molar-refractivity contribution is 14.1. The topological polar surface area (TPSA) is 133 Å². The second kappa shape index (κ2) is 11.4. The van der Waals surface area contributed by atoms with Crippen LogP contribution in [0, 0.1) is 10.5 Å².